The molecule has 0 saturated heterocycles. The number of sulfonamides is 1. The molecule has 0 aliphatic heterocycles. The Kier molecular flexibility index (Phi) is 7.03. The van der Waals surface area contributed by atoms with Crippen molar-refractivity contribution in [3.63, 3.8) is 0 Å². The monoisotopic (exact) mass is 456 g/mol. The minimum absolute atomic E-state index is 0.112. The number of nitrogens with one attached hydrogen (secondary N) is 1. The Hall–Kier alpha value is -2.83. The number of hydrogen-bond donors (Lipinski definition) is 1. The SMILES string of the molecule is Cc1ccc(S(=O)(=O)N(CC(=O)NC(C)c2ccccc2)c2cc(Cl)ccc2C)cc1. The van der Waals surface area contributed by atoms with Crippen molar-refractivity contribution in [2.75, 3.05) is 10.8 Å². The molecule has 0 heterocycles. The van der Waals surface area contributed by atoms with Crippen LogP contribution in [-0.4, -0.2) is 20.9 Å². The fraction of sp³-hybridized carbons (Fsp3) is 0.208. The number of anilines is 1. The first kappa shape index (κ1) is 22.8. The summed E-state index contributed by atoms with van der Waals surface area (Å²) < 4.78 is 28.1. The molecule has 1 N–H and O–H groups in total. The molecule has 0 aromatic heterocycles. The zero-order chi connectivity index (χ0) is 22.6. The summed E-state index contributed by atoms with van der Waals surface area (Å²) in [5.41, 5.74) is 2.95. The molecule has 3 aromatic rings. The Balaban J connectivity index is 1.95. The quantitative estimate of drug-likeness (QED) is 0.542. The van der Waals surface area contributed by atoms with Crippen LogP contribution in [0, 0.1) is 13.8 Å². The number of rotatable bonds is 7. The minimum Gasteiger partial charge on any atom is -0.348 e. The molecule has 0 radical (unpaired) electrons. The van der Waals surface area contributed by atoms with Crippen LogP contribution < -0.4 is 9.62 Å². The van der Waals surface area contributed by atoms with Crippen molar-refractivity contribution in [3.05, 3.63) is 94.5 Å². The van der Waals surface area contributed by atoms with Gasteiger partial charge in [0, 0.05) is 5.02 Å². The smallest absolute Gasteiger partial charge is 0.264 e. The molecule has 0 fully saturated rings. The lowest BCUT2D eigenvalue weighted by Gasteiger charge is -2.26. The van der Waals surface area contributed by atoms with Crippen molar-refractivity contribution in [1.82, 2.24) is 5.32 Å². The molecule has 31 heavy (non-hydrogen) atoms. The highest BCUT2D eigenvalue weighted by molar-refractivity contribution is 7.92. The summed E-state index contributed by atoms with van der Waals surface area (Å²) in [6, 6.07) is 20.8. The van der Waals surface area contributed by atoms with Gasteiger partial charge in [-0.3, -0.25) is 9.10 Å². The largest absolute Gasteiger partial charge is 0.348 e. The summed E-state index contributed by atoms with van der Waals surface area (Å²) in [7, 11) is -3.99. The molecular weight excluding hydrogens is 432 g/mol. The number of hydrogen-bond acceptors (Lipinski definition) is 3. The first-order valence-corrected chi connectivity index (χ1v) is 11.7. The van der Waals surface area contributed by atoms with Crippen LogP contribution in [0.1, 0.15) is 29.7 Å². The van der Waals surface area contributed by atoms with Gasteiger partial charge in [0.05, 0.1) is 16.6 Å². The highest BCUT2D eigenvalue weighted by atomic mass is 35.5. The number of halogens is 1. The lowest BCUT2D eigenvalue weighted by Crippen LogP contribution is -2.42. The fourth-order valence-corrected chi connectivity index (χ4v) is 4.87. The van der Waals surface area contributed by atoms with E-state index in [4.69, 9.17) is 11.6 Å². The standard InChI is InChI=1S/C24H25ClN2O3S/c1-17-9-13-22(14-10-17)31(29,30)27(23-15-21(25)12-11-18(23)2)16-24(28)26-19(3)20-7-5-4-6-8-20/h4-15,19H,16H2,1-3H3,(H,26,28). The van der Waals surface area contributed by atoms with Gasteiger partial charge in [-0.1, -0.05) is 65.7 Å². The second-order valence-corrected chi connectivity index (χ2v) is 9.75. The average molecular weight is 457 g/mol. The molecule has 0 bridgehead atoms. The van der Waals surface area contributed by atoms with Crippen LogP contribution in [0.2, 0.25) is 5.02 Å². The molecule has 0 aliphatic rings. The molecule has 0 saturated carbocycles. The molecule has 162 valence electrons. The van der Waals surface area contributed by atoms with Crippen LogP contribution in [0.15, 0.2) is 77.7 Å². The van der Waals surface area contributed by atoms with Gasteiger partial charge in [0.25, 0.3) is 10.0 Å². The molecule has 3 aromatic carbocycles. The molecule has 7 heteroatoms. The normalized spacial score (nSPS) is 12.3. The molecule has 1 amide bonds. The first-order valence-electron chi connectivity index (χ1n) is 9.88. The van der Waals surface area contributed by atoms with Crippen molar-refractivity contribution in [2.45, 2.75) is 31.7 Å². The molecular formula is C24H25ClN2O3S. The maximum absolute atomic E-state index is 13.5. The predicted molar refractivity (Wildman–Crippen MR) is 125 cm³/mol. The van der Waals surface area contributed by atoms with Crippen LogP contribution in [0.25, 0.3) is 0 Å². The molecule has 0 spiro atoms. The fourth-order valence-electron chi connectivity index (χ4n) is 3.23. The lowest BCUT2D eigenvalue weighted by molar-refractivity contribution is -0.120. The van der Waals surface area contributed by atoms with Gasteiger partial charge in [-0.15, -0.1) is 0 Å². The van der Waals surface area contributed by atoms with Gasteiger partial charge in [-0.05, 0) is 56.2 Å². The van der Waals surface area contributed by atoms with Crippen molar-refractivity contribution < 1.29 is 13.2 Å². The van der Waals surface area contributed by atoms with Crippen molar-refractivity contribution in [1.29, 1.82) is 0 Å². The van der Waals surface area contributed by atoms with Crippen LogP contribution in [-0.2, 0) is 14.8 Å². The van der Waals surface area contributed by atoms with E-state index in [1.54, 1.807) is 49.4 Å². The summed E-state index contributed by atoms with van der Waals surface area (Å²) in [6.07, 6.45) is 0. The van der Waals surface area contributed by atoms with Gasteiger partial charge < -0.3 is 5.32 Å². The number of benzene rings is 3. The van der Waals surface area contributed by atoms with Gasteiger partial charge in [-0.25, -0.2) is 8.42 Å². The van der Waals surface area contributed by atoms with E-state index in [1.807, 2.05) is 44.2 Å². The summed E-state index contributed by atoms with van der Waals surface area (Å²) in [4.78, 5) is 13.0. The van der Waals surface area contributed by atoms with Crippen LogP contribution >= 0.6 is 11.6 Å². The topological polar surface area (TPSA) is 66.5 Å². The maximum atomic E-state index is 13.5. The van der Waals surface area contributed by atoms with E-state index < -0.39 is 15.9 Å². The molecule has 0 aliphatic carbocycles. The van der Waals surface area contributed by atoms with Gasteiger partial charge in [-0.2, -0.15) is 0 Å². The third-order valence-corrected chi connectivity index (χ3v) is 7.02. The van der Waals surface area contributed by atoms with Crippen molar-refractivity contribution >= 4 is 33.2 Å². The maximum Gasteiger partial charge on any atom is 0.264 e. The number of nitrogens with zero attached hydrogens (tertiary/aromatic N) is 1. The van der Waals surface area contributed by atoms with E-state index in [1.165, 1.54) is 0 Å². The molecule has 5 nitrogen and oxygen atoms in total. The second kappa shape index (κ2) is 9.54. The number of carbonyl (C=O) groups is 1. The number of aryl methyl sites for hydroxylation is 2. The molecule has 1 atom stereocenters. The van der Waals surface area contributed by atoms with Crippen molar-refractivity contribution in [2.24, 2.45) is 0 Å². The number of carbonyl (C=O) groups excluding carboxylic acids is 1. The van der Waals surface area contributed by atoms with Crippen molar-refractivity contribution in [3.8, 4) is 0 Å². The van der Waals surface area contributed by atoms with Gasteiger partial charge in [0.2, 0.25) is 5.91 Å². The van der Waals surface area contributed by atoms with Crippen LogP contribution in [0.5, 0.6) is 0 Å². The summed E-state index contributed by atoms with van der Waals surface area (Å²) in [6.45, 7) is 5.16. The Morgan fingerprint density at radius 3 is 2.29 bits per heavy atom. The molecule has 3 rings (SSSR count). The predicted octanol–water partition coefficient (Wildman–Crippen LogP) is 5.03. The Morgan fingerprint density at radius 1 is 1.00 bits per heavy atom. The zero-order valence-electron chi connectivity index (χ0n) is 17.7. The average Bonchev–Trinajstić information content (AvgIpc) is 2.74. The third-order valence-electron chi connectivity index (χ3n) is 5.01. The molecule has 1 unspecified atom stereocenters. The Morgan fingerprint density at radius 2 is 1.65 bits per heavy atom. The first-order chi connectivity index (χ1) is 14.7. The van der Waals surface area contributed by atoms with Gasteiger partial charge in [0.15, 0.2) is 0 Å². The highest BCUT2D eigenvalue weighted by Gasteiger charge is 2.29. The highest BCUT2D eigenvalue weighted by Crippen LogP contribution is 2.29. The minimum atomic E-state index is -3.99. The van der Waals surface area contributed by atoms with E-state index in [2.05, 4.69) is 5.32 Å². The van der Waals surface area contributed by atoms with E-state index >= 15 is 0 Å². The van der Waals surface area contributed by atoms with Gasteiger partial charge >= 0.3 is 0 Å². The van der Waals surface area contributed by atoms with E-state index in [9.17, 15) is 13.2 Å². The van der Waals surface area contributed by atoms with E-state index in [0.717, 1.165) is 15.4 Å². The Bertz CT molecular complexity index is 1160. The summed E-state index contributed by atoms with van der Waals surface area (Å²) in [5, 5.41) is 3.28. The van der Waals surface area contributed by atoms with E-state index in [0.29, 0.717) is 16.3 Å². The van der Waals surface area contributed by atoms with E-state index in [-0.39, 0.29) is 17.5 Å². The zero-order valence-corrected chi connectivity index (χ0v) is 19.2. The lowest BCUT2D eigenvalue weighted by atomic mass is 10.1. The van der Waals surface area contributed by atoms with Gasteiger partial charge in [0.1, 0.15) is 6.54 Å². The number of amides is 1. The van der Waals surface area contributed by atoms with Crippen LogP contribution in [0.4, 0.5) is 5.69 Å². The Labute approximate surface area is 188 Å². The summed E-state index contributed by atoms with van der Waals surface area (Å²) in [5.74, 6) is -0.411. The second-order valence-electron chi connectivity index (χ2n) is 7.46. The van der Waals surface area contributed by atoms with Crippen LogP contribution in [0.3, 0.4) is 0 Å². The third kappa shape index (κ3) is 5.46. The summed E-state index contributed by atoms with van der Waals surface area (Å²) >= 11 is 6.16.